The molecule has 292 valence electrons. The van der Waals surface area contributed by atoms with Crippen molar-refractivity contribution >= 4 is 100 Å². The van der Waals surface area contributed by atoms with E-state index in [1.54, 1.807) is 0 Å². The van der Waals surface area contributed by atoms with Crippen LogP contribution in [0.25, 0.3) is 66.0 Å². The summed E-state index contributed by atoms with van der Waals surface area (Å²) in [7, 11) is -2.74. The molecular formula is C57H38N2O2Si. The summed E-state index contributed by atoms with van der Waals surface area (Å²) in [5.74, 6) is 0.616. The summed E-state index contributed by atoms with van der Waals surface area (Å²) in [5.41, 5.74) is 7.43. The lowest BCUT2D eigenvalue weighted by molar-refractivity contribution is 0.623. The van der Waals surface area contributed by atoms with Gasteiger partial charge in [-0.2, -0.15) is 0 Å². The molecular weight excluding hydrogens is 773 g/mol. The molecule has 0 aliphatic carbocycles. The molecule has 0 saturated heterocycles. The van der Waals surface area contributed by atoms with Crippen LogP contribution < -0.4 is 25.6 Å². The van der Waals surface area contributed by atoms with Gasteiger partial charge in [0.1, 0.15) is 16.7 Å². The fraction of sp³-hybridized carbons (Fsp3) is 0. The highest BCUT2D eigenvalue weighted by molar-refractivity contribution is 7.19. The minimum Gasteiger partial charge on any atom is -0.456 e. The molecule has 0 spiro atoms. The van der Waals surface area contributed by atoms with Crippen molar-refractivity contribution < 1.29 is 8.83 Å². The van der Waals surface area contributed by atoms with Gasteiger partial charge in [-0.1, -0.05) is 164 Å². The second-order valence-corrected chi connectivity index (χ2v) is 19.7. The Labute approximate surface area is 359 Å². The number of benzene rings is 10. The van der Waals surface area contributed by atoms with Crippen LogP contribution in [0.1, 0.15) is 0 Å². The zero-order valence-electron chi connectivity index (χ0n) is 33.7. The molecule has 0 atom stereocenters. The van der Waals surface area contributed by atoms with E-state index < -0.39 is 8.07 Å². The van der Waals surface area contributed by atoms with Crippen molar-refractivity contribution in [3.8, 4) is 11.5 Å². The zero-order chi connectivity index (χ0) is 41.0. The topological polar surface area (TPSA) is 42.4 Å². The maximum atomic E-state index is 6.65. The molecule has 2 aromatic heterocycles. The van der Waals surface area contributed by atoms with Crippen molar-refractivity contribution in [2.24, 2.45) is 0 Å². The number of aromatic nitrogens is 1. The number of hydrogen-bond acceptors (Lipinski definition) is 4. The van der Waals surface area contributed by atoms with E-state index in [1.807, 2.05) is 42.5 Å². The number of rotatable bonds is 8. The third kappa shape index (κ3) is 5.78. The smallest absolute Gasteiger partial charge is 0.227 e. The average Bonchev–Trinajstić information content (AvgIpc) is 3.96. The summed E-state index contributed by atoms with van der Waals surface area (Å²) >= 11 is 0. The molecule has 0 aliphatic rings. The van der Waals surface area contributed by atoms with Crippen LogP contribution in [0.5, 0.6) is 0 Å². The normalized spacial score (nSPS) is 11.9. The van der Waals surface area contributed by atoms with Gasteiger partial charge < -0.3 is 13.7 Å². The van der Waals surface area contributed by atoms with Gasteiger partial charge in [0.05, 0.1) is 0 Å². The molecule has 0 fully saturated rings. The molecule has 10 aromatic carbocycles. The molecule has 0 unspecified atom stereocenters. The van der Waals surface area contributed by atoms with Gasteiger partial charge in [-0.05, 0) is 104 Å². The van der Waals surface area contributed by atoms with Crippen molar-refractivity contribution in [1.82, 2.24) is 4.98 Å². The Hall–Kier alpha value is -7.99. The van der Waals surface area contributed by atoms with Gasteiger partial charge in [-0.15, -0.1) is 0 Å². The molecule has 0 N–H and O–H groups in total. The fourth-order valence-electron chi connectivity index (χ4n) is 9.58. The van der Waals surface area contributed by atoms with Crippen molar-refractivity contribution in [3.63, 3.8) is 0 Å². The third-order valence-corrected chi connectivity index (χ3v) is 17.2. The Balaban J connectivity index is 1.08. The van der Waals surface area contributed by atoms with Gasteiger partial charge in [0.15, 0.2) is 13.7 Å². The minimum absolute atomic E-state index is 0.616. The van der Waals surface area contributed by atoms with Gasteiger partial charge in [0.2, 0.25) is 5.89 Å². The standard InChI is InChI=1S/C57H38N2O2Si/c1-5-15-41(16-6-1)57-58-52-35-28-40-26-25-39-27-29-43(37-50(39)55(40)56(52)61-57)59(44-32-36-54-51(38-44)49-23-13-14-24-53(49)60-54)42-30-33-48(34-31-42)62(45-17-7-2-8-18-45,46-19-9-3-10-20-46)47-21-11-4-12-22-47/h1-38H. The van der Waals surface area contributed by atoms with Gasteiger partial charge in [-0.25, -0.2) is 4.98 Å². The summed E-state index contributed by atoms with van der Waals surface area (Å²) in [6.07, 6.45) is 0. The molecule has 12 rings (SSSR count). The second kappa shape index (κ2) is 14.6. The summed E-state index contributed by atoms with van der Waals surface area (Å²) in [4.78, 5) is 7.32. The van der Waals surface area contributed by atoms with Crippen LogP contribution >= 0.6 is 0 Å². The lowest BCUT2D eigenvalue weighted by Crippen LogP contribution is -2.74. The number of nitrogens with zero attached hydrogens (tertiary/aromatic N) is 2. The molecule has 0 aliphatic heterocycles. The number of para-hydroxylation sites is 1. The zero-order valence-corrected chi connectivity index (χ0v) is 34.7. The van der Waals surface area contributed by atoms with Gasteiger partial charge in [0, 0.05) is 38.8 Å². The van der Waals surface area contributed by atoms with E-state index in [9.17, 15) is 0 Å². The van der Waals surface area contributed by atoms with E-state index in [0.717, 1.165) is 77.2 Å². The van der Waals surface area contributed by atoms with E-state index in [4.69, 9.17) is 13.8 Å². The van der Waals surface area contributed by atoms with Crippen molar-refractivity contribution in [2.45, 2.75) is 0 Å². The van der Waals surface area contributed by atoms with Crippen LogP contribution in [0.15, 0.2) is 239 Å². The molecule has 5 heteroatoms. The van der Waals surface area contributed by atoms with Gasteiger partial charge >= 0.3 is 0 Å². The third-order valence-electron chi connectivity index (χ3n) is 12.4. The molecule has 0 amide bonds. The number of fused-ring (bicyclic) bond motifs is 8. The Kier molecular flexibility index (Phi) is 8.47. The van der Waals surface area contributed by atoms with Crippen molar-refractivity contribution in [3.05, 3.63) is 231 Å². The number of oxazole rings is 1. The predicted octanol–water partition coefficient (Wildman–Crippen LogP) is 12.5. The van der Waals surface area contributed by atoms with E-state index in [-0.39, 0.29) is 0 Å². The first-order valence-electron chi connectivity index (χ1n) is 21.0. The Morgan fingerprint density at radius 2 is 0.871 bits per heavy atom. The first-order chi connectivity index (χ1) is 30.7. The highest BCUT2D eigenvalue weighted by Gasteiger charge is 2.41. The second-order valence-electron chi connectivity index (χ2n) is 15.9. The van der Waals surface area contributed by atoms with Gasteiger partial charge in [-0.3, -0.25) is 0 Å². The highest BCUT2D eigenvalue weighted by atomic mass is 28.3. The minimum atomic E-state index is -2.74. The van der Waals surface area contributed by atoms with Crippen LogP contribution in [-0.2, 0) is 0 Å². The van der Waals surface area contributed by atoms with E-state index in [2.05, 4.69) is 193 Å². The number of furan rings is 1. The molecule has 12 aromatic rings. The summed E-state index contributed by atoms with van der Waals surface area (Å²) in [6, 6.07) is 82.9. The predicted molar refractivity (Wildman–Crippen MR) is 260 cm³/mol. The summed E-state index contributed by atoms with van der Waals surface area (Å²) < 4.78 is 13.0. The fourth-order valence-corrected chi connectivity index (χ4v) is 14.3. The van der Waals surface area contributed by atoms with E-state index in [0.29, 0.717) is 5.89 Å². The maximum Gasteiger partial charge on any atom is 0.227 e. The maximum absolute atomic E-state index is 6.65. The largest absolute Gasteiger partial charge is 0.456 e. The average molecular weight is 811 g/mol. The SMILES string of the molecule is c1ccc(-c2nc3ccc4ccc5ccc(N(c6ccc([Si](c7ccccc7)(c7ccccc7)c7ccccc7)cc6)c6ccc7oc8ccccc8c7c6)cc5c4c3o2)cc1. The lowest BCUT2D eigenvalue weighted by Gasteiger charge is -2.35. The monoisotopic (exact) mass is 810 g/mol. The van der Waals surface area contributed by atoms with Crippen LogP contribution in [0.4, 0.5) is 17.1 Å². The van der Waals surface area contributed by atoms with Crippen molar-refractivity contribution in [1.29, 1.82) is 0 Å². The van der Waals surface area contributed by atoms with Crippen LogP contribution in [0.2, 0.25) is 0 Å². The van der Waals surface area contributed by atoms with E-state index in [1.165, 1.54) is 20.7 Å². The lowest BCUT2D eigenvalue weighted by atomic mass is 10.00. The first kappa shape index (κ1) is 35.9. The molecule has 0 radical (unpaired) electrons. The Morgan fingerprint density at radius 3 is 1.55 bits per heavy atom. The quantitative estimate of drug-likeness (QED) is 0.0871. The molecule has 62 heavy (non-hydrogen) atoms. The molecule has 2 heterocycles. The van der Waals surface area contributed by atoms with E-state index >= 15 is 0 Å². The molecule has 4 nitrogen and oxygen atoms in total. The number of anilines is 3. The molecule has 0 bridgehead atoms. The summed E-state index contributed by atoms with van der Waals surface area (Å²) in [6.45, 7) is 0. The highest BCUT2D eigenvalue weighted by Crippen LogP contribution is 2.42. The summed E-state index contributed by atoms with van der Waals surface area (Å²) in [5, 5.41) is 11.9. The van der Waals surface area contributed by atoms with Gasteiger partial charge in [0.25, 0.3) is 0 Å². The number of hydrogen-bond donors (Lipinski definition) is 0. The Bertz CT molecular complexity index is 3470. The van der Waals surface area contributed by atoms with Crippen LogP contribution in [-0.4, -0.2) is 13.1 Å². The van der Waals surface area contributed by atoms with Crippen molar-refractivity contribution in [2.75, 3.05) is 4.90 Å². The van der Waals surface area contributed by atoms with Crippen LogP contribution in [0, 0.1) is 0 Å². The molecule has 0 saturated carbocycles. The first-order valence-corrected chi connectivity index (χ1v) is 23.0. The Morgan fingerprint density at radius 1 is 0.371 bits per heavy atom. The van der Waals surface area contributed by atoms with Crippen LogP contribution in [0.3, 0.4) is 0 Å².